The molecule has 0 aliphatic heterocycles. The molecule has 5 nitrogen and oxygen atoms in total. The Hall–Kier alpha value is -3.59. The van der Waals surface area contributed by atoms with Crippen molar-refractivity contribution in [2.75, 3.05) is 6.54 Å². The molecule has 0 aliphatic carbocycles. The summed E-state index contributed by atoms with van der Waals surface area (Å²) >= 11 is 0.695. The second-order valence-electron chi connectivity index (χ2n) is 7.31. The first-order valence-corrected chi connectivity index (χ1v) is 10.9. The first kappa shape index (κ1) is 22.6. The number of pyridine rings is 2. The Morgan fingerprint density at radius 1 is 1.06 bits per heavy atom. The van der Waals surface area contributed by atoms with Crippen LogP contribution in [0.4, 0.5) is 13.2 Å². The van der Waals surface area contributed by atoms with Crippen LogP contribution in [-0.4, -0.2) is 27.4 Å². The zero-order valence-electron chi connectivity index (χ0n) is 17.6. The van der Waals surface area contributed by atoms with Crippen LogP contribution < -0.4 is 5.32 Å². The molecule has 0 aliphatic rings. The molecule has 4 aromatic rings. The standard InChI is InChI=1S/C24H19F3N4OS/c1-15-5-3-11-29-19(15)23-31-21(24(25,26)27)20(33-23)22(32)30-12-9-16-6-2-7-17(13-16)18-8-4-10-28-14-18/h2-8,10-11,13-14H,9,12H2,1H3,(H,30,32). The number of alkyl halides is 3. The van der Waals surface area contributed by atoms with E-state index >= 15 is 0 Å². The number of amides is 1. The summed E-state index contributed by atoms with van der Waals surface area (Å²) in [6.07, 6.45) is 0.646. The van der Waals surface area contributed by atoms with Gasteiger partial charge in [-0.15, -0.1) is 11.3 Å². The van der Waals surface area contributed by atoms with E-state index in [0.717, 1.165) is 16.7 Å². The van der Waals surface area contributed by atoms with Crippen LogP contribution >= 0.6 is 11.3 Å². The lowest BCUT2D eigenvalue weighted by molar-refractivity contribution is -0.141. The molecule has 33 heavy (non-hydrogen) atoms. The molecule has 3 aromatic heterocycles. The molecule has 0 saturated carbocycles. The maximum Gasteiger partial charge on any atom is 0.435 e. The normalized spacial score (nSPS) is 11.4. The minimum absolute atomic E-state index is 0.0646. The van der Waals surface area contributed by atoms with Crippen LogP contribution in [-0.2, 0) is 12.6 Å². The van der Waals surface area contributed by atoms with Gasteiger partial charge in [0, 0.05) is 25.1 Å². The molecule has 9 heteroatoms. The van der Waals surface area contributed by atoms with Crippen LogP contribution in [0, 0.1) is 6.92 Å². The maximum atomic E-state index is 13.6. The highest BCUT2D eigenvalue weighted by Crippen LogP contribution is 2.37. The molecule has 0 saturated heterocycles. The van der Waals surface area contributed by atoms with E-state index in [0.29, 0.717) is 29.0 Å². The van der Waals surface area contributed by atoms with Crippen molar-refractivity contribution >= 4 is 17.2 Å². The number of nitrogens with zero attached hydrogens (tertiary/aromatic N) is 3. The second-order valence-corrected chi connectivity index (χ2v) is 8.31. The number of rotatable bonds is 6. The summed E-state index contributed by atoms with van der Waals surface area (Å²) in [4.78, 5) is 24.1. The van der Waals surface area contributed by atoms with Gasteiger partial charge >= 0.3 is 6.18 Å². The van der Waals surface area contributed by atoms with Crippen LogP contribution in [0.2, 0.25) is 0 Å². The van der Waals surface area contributed by atoms with Crippen molar-refractivity contribution in [2.45, 2.75) is 19.5 Å². The van der Waals surface area contributed by atoms with Crippen LogP contribution in [0.25, 0.3) is 21.8 Å². The molecule has 0 bridgehead atoms. The summed E-state index contributed by atoms with van der Waals surface area (Å²) in [6, 6.07) is 14.9. The van der Waals surface area contributed by atoms with Crippen LogP contribution in [0.3, 0.4) is 0 Å². The predicted molar refractivity (Wildman–Crippen MR) is 121 cm³/mol. The molecule has 3 heterocycles. The van der Waals surface area contributed by atoms with Gasteiger partial charge in [-0.1, -0.05) is 36.4 Å². The van der Waals surface area contributed by atoms with Crippen molar-refractivity contribution in [1.29, 1.82) is 0 Å². The number of halogens is 3. The third-order valence-corrected chi connectivity index (χ3v) is 6.00. The van der Waals surface area contributed by atoms with Gasteiger partial charge in [-0.05, 0) is 47.7 Å². The molecule has 0 unspecified atom stereocenters. The molecule has 0 atom stereocenters. The third-order valence-electron chi connectivity index (χ3n) is 4.94. The third kappa shape index (κ3) is 5.25. The highest BCUT2D eigenvalue weighted by atomic mass is 32.1. The average Bonchev–Trinajstić information content (AvgIpc) is 3.26. The van der Waals surface area contributed by atoms with E-state index in [4.69, 9.17) is 0 Å². The number of hydrogen-bond acceptors (Lipinski definition) is 5. The van der Waals surface area contributed by atoms with E-state index in [1.165, 1.54) is 6.20 Å². The fraction of sp³-hybridized carbons (Fsp3) is 0.167. The predicted octanol–water partition coefficient (Wildman–Crippen LogP) is 5.57. The Labute approximate surface area is 192 Å². The Kier molecular flexibility index (Phi) is 6.50. The van der Waals surface area contributed by atoms with Crippen molar-refractivity contribution in [3.05, 3.63) is 88.8 Å². The monoisotopic (exact) mass is 468 g/mol. The van der Waals surface area contributed by atoms with Gasteiger partial charge in [-0.3, -0.25) is 14.8 Å². The lowest BCUT2D eigenvalue weighted by Crippen LogP contribution is -2.27. The highest BCUT2D eigenvalue weighted by Gasteiger charge is 2.40. The molecule has 0 fully saturated rings. The molecular formula is C24H19F3N4OS. The summed E-state index contributed by atoms with van der Waals surface area (Å²) in [5.74, 6) is -0.803. The Bertz CT molecular complexity index is 1270. The zero-order valence-corrected chi connectivity index (χ0v) is 18.4. The molecule has 1 aromatic carbocycles. The van der Waals surface area contributed by atoms with Crippen molar-refractivity contribution in [3.63, 3.8) is 0 Å². The number of benzene rings is 1. The van der Waals surface area contributed by atoms with Crippen LogP contribution in [0.5, 0.6) is 0 Å². The Morgan fingerprint density at radius 3 is 2.58 bits per heavy atom. The molecule has 0 radical (unpaired) electrons. The van der Waals surface area contributed by atoms with E-state index in [-0.39, 0.29) is 11.6 Å². The largest absolute Gasteiger partial charge is 0.435 e. The first-order valence-electron chi connectivity index (χ1n) is 10.1. The lowest BCUT2D eigenvalue weighted by Gasteiger charge is -2.08. The number of thiazole rings is 1. The van der Waals surface area contributed by atoms with Crippen molar-refractivity contribution in [1.82, 2.24) is 20.3 Å². The Balaban J connectivity index is 1.49. The van der Waals surface area contributed by atoms with Gasteiger partial charge < -0.3 is 5.32 Å². The highest BCUT2D eigenvalue weighted by molar-refractivity contribution is 7.17. The number of aryl methyl sites for hydroxylation is 1. The second kappa shape index (κ2) is 9.50. The van der Waals surface area contributed by atoms with Gasteiger partial charge in [0.1, 0.15) is 15.6 Å². The van der Waals surface area contributed by atoms with Gasteiger partial charge in [-0.2, -0.15) is 13.2 Å². The van der Waals surface area contributed by atoms with Gasteiger partial charge in [0.15, 0.2) is 5.69 Å². The van der Waals surface area contributed by atoms with Gasteiger partial charge in [0.2, 0.25) is 0 Å². The first-order chi connectivity index (χ1) is 15.8. The van der Waals surface area contributed by atoms with Crippen LogP contribution in [0.15, 0.2) is 67.1 Å². The van der Waals surface area contributed by atoms with Crippen molar-refractivity contribution in [3.8, 4) is 21.8 Å². The number of nitrogens with one attached hydrogen (secondary N) is 1. The SMILES string of the molecule is Cc1cccnc1-c1nc(C(F)(F)F)c(C(=O)NCCc2cccc(-c3cccnc3)c2)s1. The lowest BCUT2D eigenvalue weighted by atomic mass is 10.0. The molecule has 1 amide bonds. The average molecular weight is 469 g/mol. The summed E-state index contributed by atoms with van der Waals surface area (Å²) in [5, 5.41) is 2.66. The van der Waals surface area contributed by atoms with E-state index in [2.05, 4.69) is 20.3 Å². The quantitative estimate of drug-likeness (QED) is 0.402. The molecule has 168 valence electrons. The fourth-order valence-electron chi connectivity index (χ4n) is 3.32. The van der Waals surface area contributed by atoms with Crippen molar-refractivity contribution in [2.24, 2.45) is 0 Å². The van der Waals surface area contributed by atoms with E-state index in [9.17, 15) is 18.0 Å². The Morgan fingerprint density at radius 2 is 1.85 bits per heavy atom. The molecule has 0 spiro atoms. The number of carbonyl (C=O) groups is 1. The topological polar surface area (TPSA) is 67.8 Å². The maximum absolute atomic E-state index is 13.6. The van der Waals surface area contributed by atoms with Gasteiger partial charge in [-0.25, -0.2) is 4.98 Å². The summed E-state index contributed by atoms with van der Waals surface area (Å²) < 4.78 is 40.7. The smallest absolute Gasteiger partial charge is 0.351 e. The summed E-state index contributed by atoms with van der Waals surface area (Å²) in [6.45, 7) is 1.92. The van der Waals surface area contributed by atoms with E-state index < -0.39 is 22.7 Å². The molecule has 1 N–H and O–H groups in total. The fourth-order valence-corrected chi connectivity index (χ4v) is 4.38. The number of aromatic nitrogens is 3. The minimum Gasteiger partial charge on any atom is -0.351 e. The van der Waals surface area contributed by atoms with Crippen molar-refractivity contribution < 1.29 is 18.0 Å². The zero-order chi connectivity index (χ0) is 23.4. The summed E-state index contributed by atoms with van der Waals surface area (Å²) in [5.41, 5.74) is 2.70. The molecule has 4 rings (SSSR count). The van der Waals surface area contributed by atoms with E-state index in [1.807, 2.05) is 36.4 Å². The number of carbonyl (C=O) groups excluding carboxylic acids is 1. The number of hydrogen-bond donors (Lipinski definition) is 1. The van der Waals surface area contributed by atoms with Gasteiger partial charge in [0.05, 0.1) is 0 Å². The van der Waals surface area contributed by atoms with E-state index in [1.54, 1.807) is 31.5 Å². The summed E-state index contributed by atoms with van der Waals surface area (Å²) in [7, 11) is 0. The minimum atomic E-state index is -4.75. The van der Waals surface area contributed by atoms with Crippen LogP contribution in [0.1, 0.15) is 26.5 Å². The molecular weight excluding hydrogens is 449 g/mol. The van der Waals surface area contributed by atoms with Gasteiger partial charge in [0.25, 0.3) is 5.91 Å².